The van der Waals surface area contributed by atoms with E-state index in [0.29, 0.717) is 32.2 Å². The zero-order valence-corrected chi connectivity index (χ0v) is 15.7. The van der Waals surface area contributed by atoms with Crippen molar-refractivity contribution in [3.05, 3.63) is 42.5 Å². The van der Waals surface area contributed by atoms with E-state index in [1.54, 1.807) is 13.1 Å². The van der Waals surface area contributed by atoms with Crippen molar-refractivity contribution in [3.63, 3.8) is 0 Å². The van der Waals surface area contributed by atoms with Crippen LogP contribution in [0.5, 0.6) is 5.75 Å². The SMILES string of the molecule is C=CCOc1ccccc1CNC(=NC)NCC(C)(C)C(=O)NCC. The van der Waals surface area contributed by atoms with Gasteiger partial charge < -0.3 is 20.7 Å². The summed E-state index contributed by atoms with van der Waals surface area (Å²) in [7, 11) is 1.70. The summed E-state index contributed by atoms with van der Waals surface area (Å²) in [5.74, 6) is 1.46. The highest BCUT2D eigenvalue weighted by Crippen LogP contribution is 2.17. The molecular weight excluding hydrogens is 316 g/mol. The molecule has 1 aromatic rings. The lowest BCUT2D eigenvalue weighted by molar-refractivity contribution is -0.128. The van der Waals surface area contributed by atoms with Crippen LogP contribution in [0.3, 0.4) is 0 Å². The van der Waals surface area contributed by atoms with Crippen molar-refractivity contribution in [2.24, 2.45) is 10.4 Å². The van der Waals surface area contributed by atoms with E-state index >= 15 is 0 Å². The minimum absolute atomic E-state index is 0.0149. The van der Waals surface area contributed by atoms with E-state index in [4.69, 9.17) is 4.74 Å². The number of nitrogens with zero attached hydrogens (tertiary/aromatic N) is 1. The summed E-state index contributed by atoms with van der Waals surface area (Å²) in [6.07, 6.45) is 1.72. The summed E-state index contributed by atoms with van der Waals surface area (Å²) in [6, 6.07) is 7.82. The van der Waals surface area contributed by atoms with E-state index in [2.05, 4.69) is 27.5 Å². The molecule has 25 heavy (non-hydrogen) atoms. The first-order valence-electron chi connectivity index (χ1n) is 8.49. The van der Waals surface area contributed by atoms with Crippen LogP contribution in [-0.2, 0) is 11.3 Å². The lowest BCUT2D eigenvalue weighted by atomic mass is 9.92. The number of rotatable bonds is 9. The number of nitrogens with one attached hydrogen (secondary N) is 3. The average Bonchev–Trinajstić information content (AvgIpc) is 2.61. The zero-order chi connectivity index (χ0) is 18.7. The third-order valence-electron chi connectivity index (χ3n) is 3.65. The Balaban J connectivity index is 2.61. The number of ether oxygens (including phenoxy) is 1. The van der Waals surface area contributed by atoms with Crippen molar-refractivity contribution in [3.8, 4) is 5.75 Å². The molecule has 138 valence electrons. The van der Waals surface area contributed by atoms with Gasteiger partial charge in [0.15, 0.2) is 5.96 Å². The summed E-state index contributed by atoms with van der Waals surface area (Å²) in [5, 5.41) is 9.30. The first-order chi connectivity index (χ1) is 11.9. The fourth-order valence-electron chi connectivity index (χ4n) is 2.12. The highest BCUT2D eigenvalue weighted by molar-refractivity contribution is 5.84. The van der Waals surface area contributed by atoms with Gasteiger partial charge in [0.2, 0.25) is 5.91 Å². The maximum absolute atomic E-state index is 12.1. The van der Waals surface area contributed by atoms with E-state index in [1.165, 1.54) is 0 Å². The monoisotopic (exact) mass is 346 g/mol. The topological polar surface area (TPSA) is 74.8 Å². The quantitative estimate of drug-likeness (QED) is 0.364. The van der Waals surface area contributed by atoms with Crippen molar-refractivity contribution in [1.29, 1.82) is 0 Å². The van der Waals surface area contributed by atoms with Gasteiger partial charge in [-0.3, -0.25) is 9.79 Å². The van der Waals surface area contributed by atoms with Crippen LogP contribution in [0.2, 0.25) is 0 Å². The van der Waals surface area contributed by atoms with Crippen LogP contribution < -0.4 is 20.7 Å². The molecule has 0 aliphatic carbocycles. The normalized spacial score (nSPS) is 11.6. The lowest BCUT2D eigenvalue weighted by Gasteiger charge is -2.25. The third kappa shape index (κ3) is 6.87. The van der Waals surface area contributed by atoms with Crippen LogP contribution in [0.4, 0.5) is 0 Å². The van der Waals surface area contributed by atoms with Crippen LogP contribution in [0.25, 0.3) is 0 Å². The van der Waals surface area contributed by atoms with Gasteiger partial charge in [0.1, 0.15) is 12.4 Å². The Kier molecular flexibility index (Phi) is 8.53. The van der Waals surface area contributed by atoms with E-state index in [1.807, 2.05) is 45.0 Å². The van der Waals surface area contributed by atoms with Crippen molar-refractivity contribution >= 4 is 11.9 Å². The smallest absolute Gasteiger partial charge is 0.227 e. The number of carbonyl (C=O) groups excluding carboxylic acids is 1. The number of aliphatic imine (C=N–C) groups is 1. The molecule has 1 aromatic carbocycles. The second kappa shape index (κ2) is 10.4. The standard InChI is InChI=1S/C19H30N4O2/c1-6-12-25-16-11-9-8-10-15(16)13-22-18(20-5)23-14-19(3,4)17(24)21-7-2/h6,8-11H,1,7,12-14H2,2-5H3,(H,21,24)(H2,20,22,23). The Bertz CT molecular complexity index is 597. The van der Waals surface area contributed by atoms with Gasteiger partial charge in [-0.2, -0.15) is 0 Å². The van der Waals surface area contributed by atoms with Crippen molar-refractivity contribution in [2.45, 2.75) is 27.3 Å². The summed E-state index contributed by atoms with van der Waals surface area (Å²) in [5.41, 5.74) is 0.494. The zero-order valence-electron chi connectivity index (χ0n) is 15.7. The number of carbonyl (C=O) groups is 1. The molecule has 0 heterocycles. The molecule has 0 saturated carbocycles. The average molecular weight is 346 g/mol. The molecule has 0 saturated heterocycles. The number of para-hydroxylation sites is 1. The molecule has 1 rings (SSSR count). The molecule has 0 atom stereocenters. The largest absolute Gasteiger partial charge is 0.489 e. The molecular formula is C19H30N4O2. The summed E-state index contributed by atoms with van der Waals surface area (Å²) >= 11 is 0. The molecule has 0 radical (unpaired) electrons. The molecule has 0 fully saturated rings. The Morgan fingerprint density at radius 2 is 2.00 bits per heavy atom. The molecule has 6 heteroatoms. The van der Waals surface area contributed by atoms with Gasteiger partial charge >= 0.3 is 0 Å². The molecule has 0 unspecified atom stereocenters. The van der Waals surface area contributed by atoms with Gasteiger partial charge in [0.25, 0.3) is 0 Å². The minimum Gasteiger partial charge on any atom is -0.489 e. The predicted octanol–water partition coefficient (Wildman–Crippen LogP) is 2.08. The van der Waals surface area contributed by atoms with E-state index in [9.17, 15) is 4.79 Å². The molecule has 1 amide bonds. The van der Waals surface area contributed by atoms with Crippen LogP contribution in [-0.4, -0.2) is 38.6 Å². The number of guanidine groups is 1. The third-order valence-corrected chi connectivity index (χ3v) is 3.65. The molecule has 3 N–H and O–H groups in total. The van der Waals surface area contributed by atoms with Gasteiger partial charge in [0.05, 0.1) is 5.41 Å². The molecule has 0 aromatic heterocycles. The first-order valence-corrected chi connectivity index (χ1v) is 8.49. The summed E-state index contributed by atoms with van der Waals surface area (Å²) < 4.78 is 5.65. The van der Waals surface area contributed by atoms with Crippen LogP contribution in [0, 0.1) is 5.41 Å². The lowest BCUT2D eigenvalue weighted by Crippen LogP contribution is -2.47. The van der Waals surface area contributed by atoms with Crippen molar-refractivity contribution in [1.82, 2.24) is 16.0 Å². The van der Waals surface area contributed by atoms with Crippen LogP contribution >= 0.6 is 0 Å². The number of amides is 1. The minimum atomic E-state index is -0.529. The van der Waals surface area contributed by atoms with Gasteiger partial charge in [-0.1, -0.05) is 30.9 Å². The molecule has 0 spiro atoms. The maximum Gasteiger partial charge on any atom is 0.227 e. The number of hydrogen-bond acceptors (Lipinski definition) is 3. The molecule has 6 nitrogen and oxygen atoms in total. The van der Waals surface area contributed by atoms with Crippen molar-refractivity contribution in [2.75, 3.05) is 26.7 Å². The van der Waals surface area contributed by atoms with E-state index in [0.717, 1.165) is 11.3 Å². The van der Waals surface area contributed by atoms with Gasteiger partial charge in [-0.25, -0.2) is 0 Å². The number of hydrogen-bond donors (Lipinski definition) is 3. The fraction of sp³-hybridized carbons (Fsp3) is 0.474. The molecule has 0 aliphatic heterocycles. The highest BCUT2D eigenvalue weighted by atomic mass is 16.5. The Morgan fingerprint density at radius 1 is 1.28 bits per heavy atom. The molecule has 0 aliphatic rings. The Morgan fingerprint density at radius 3 is 2.64 bits per heavy atom. The predicted molar refractivity (Wildman–Crippen MR) is 103 cm³/mol. The Labute approximate surface area is 150 Å². The molecule has 0 bridgehead atoms. The second-order valence-electron chi connectivity index (χ2n) is 6.23. The van der Waals surface area contributed by atoms with E-state index < -0.39 is 5.41 Å². The fourth-order valence-corrected chi connectivity index (χ4v) is 2.12. The second-order valence-corrected chi connectivity index (χ2v) is 6.23. The number of benzene rings is 1. The van der Waals surface area contributed by atoms with Gasteiger partial charge in [-0.05, 0) is 26.8 Å². The highest BCUT2D eigenvalue weighted by Gasteiger charge is 2.27. The van der Waals surface area contributed by atoms with E-state index in [-0.39, 0.29) is 5.91 Å². The summed E-state index contributed by atoms with van der Waals surface area (Å²) in [4.78, 5) is 16.3. The summed E-state index contributed by atoms with van der Waals surface area (Å²) in [6.45, 7) is 11.5. The maximum atomic E-state index is 12.1. The van der Waals surface area contributed by atoms with Crippen molar-refractivity contribution < 1.29 is 9.53 Å². The van der Waals surface area contributed by atoms with Crippen LogP contribution in [0.1, 0.15) is 26.3 Å². The van der Waals surface area contributed by atoms with Gasteiger partial charge in [0, 0.05) is 32.2 Å². The van der Waals surface area contributed by atoms with Gasteiger partial charge in [-0.15, -0.1) is 0 Å². The Hall–Kier alpha value is -2.50. The first kappa shape index (κ1) is 20.5. The van der Waals surface area contributed by atoms with Crippen LogP contribution in [0.15, 0.2) is 41.9 Å².